The second-order valence-corrected chi connectivity index (χ2v) is 6.37. The molecule has 0 radical (unpaired) electrons. The third-order valence-corrected chi connectivity index (χ3v) is 4.18. The highest BCUT2D eigenvalue weighted by Gasteiger charge is 2.19. The fourth-order valence-electron chi connectivity index (χ4n) is 1.80. The molecule has 0 saturated heterocycles. The van der Waals surface area contributed by atoms with Crippen molar-refractivity contribution in [1.29, 1.82) is 0 Å². The zero-order valence-electron chi connectivity index (χ0n) is 11.4. The molecule has 108 valence electrons. The van der Waals surface area contributed by atoms with Crippen LogP contribution in [0.3, 0.4) is 0 Å². The molecule has 20 heavy (non-hydrogen) atoms. The van der Waals surface area contributed by atoms with E-state index in [1.807, 2.05) is 6.92 Å². The lowest BCUT2D eigenvalue weighted by molar-refractivity contribution is 0.378. The Morgan fingerprint density at radius 3 is 2.65 bits per heavy atom. The average molecular weight is 296 g/mol. The largest absolute Gasteiger partial charge is 0.496 e. The molecule has 0 spiro atoms. The standard InChI is InChI=1S/C13H16N2O4S/c1-3-13-14-12(15-19-13)9-20(16,17)8-10-6-4-5-7-11(10)18-2/h4-7H,3,8-9H2,1-2H3. The van der Waals surface area contributed by atoms with Crippen molar-refractivity contribution in [1.82, 2.24) is 10.1 Å². The smallest absolute Gasteiger partial charge is 0.226 e. The monoisotopic (exact) mass is 296 g/mol. The molecular formula is C13H16N2O4S. The second kappa shape index (κ2) is 6.04. The zero-order chi connectivity index (χ0) is 14.6. The van der Waals surface area contributed by atoms with Crippen molar-refractivity contribution in [3.63, 3.8) is 0 Å². The lowest BCUT2D eigenvalue weighted by Gasteiger charge is -2.07. The van der Waals surface area contributed by atoms with Crippen LogP contribution in [0.2, 0.25) is 0 Å². The minimum Gasteiger partial charge on any atom is -0.496 e. The molecule has 0 aliphatic heterocycles. The molecule has 1 heterocycles. The number of sulfone groups is 1. The maximum atomic E-state index is 12.2. The van der Waals surface area contributed by atoms with Crippen LogP contribution in [-0.2, 0) is 27.8 Å². The van der Waals surface area contributed by atoms with E-state index in [4.69, 9.17) is 9.26 Å². The van der Waals surface area contributed by atoms with Gasteiger partial charge in [0.1, 0.15) is 11.5 Å². The van der Waals surface area contributed by atoms with Crippen LogP contribution in [0.1, 0.15) is 24.2 Å². The quantitative estimate of drug-likeness (QED) is 0.807. The number of aromatic nitrogens is 2. The molecule has 0 bridgehead atoms. The molecule has 0 amide bonds. The van der Waals surface area contributed by atoms with E-state index in [-0.39, 0.29) is 17.3 Å². The Hall–Kier alpha value is -1.89. The summed E-state index contributed by atoms with van der Waals surface area (Å²) in [6.45, 7) is 1.86. The van der Waals surface area contributed by atoms with E-state index in [1.165, 1.54) is 7.11 Å². The van der Waals surface area contributed by atoms with Crippen molar-refractivity contribution >= 4 is 9.84 Å². The number of hydrogen-bond acceptors (Lipinski definition) is 6. The van der Waals surface area contributed by atoms with E-state index in [2.05, 4.69) is 10.1 Å². The molecule has 0 saturated carbocycles. The second-order valence-electron chi connectivity index (χ2n) is 4.30. The molecule has 2 rings (SSSR count). The fourth-order valence-corrected chi connectivity index (χ4v) is 3.12. The molecular weight excluding hydrogens is 280 g/mol. The number of rotatable bonds is 6. The first-order valence-electron chi connectivity index (χ1n) is 6.18. The molecule has 7 heteroatoms. The normalized spacial score (nSPS) is 11.5. The van der Waals surface area contributed by atoms with Crippen LogP contribution in [-0.4, -0.2) is 25.7 Å². The highest BCUT2D eigenvalue weighted by atomic mass is 32.2. The first kappa shape index (κ1) is 14.5. The van der Waals surface area contributed by atoms with Crippen molar-refractivity contribution in [3.05, 3.63) is 41.5 Å². The third kappa shape index (κ3) is 3.57. The van der Waals surface area contributed by atoms with E-state index in [0.29, 0.717) is 23.6 Å². The summed E-state index contributed by atoms with van der Waals surface area (Å²) < 4.78 is 34.4. The summed E-state index contributed by atoms with van der Waals surface area (Å²) in [4.78, 5) is 4.01. The summed E-state index contributed by atoms with van der Waals surface area (Å²) >= 11 is 0. The van der Waals surface area contributed by atoms with Gasteiger partial charge in [-0.3, -0.25) is 0 Å². The van der Waals surface area contributed by atoms with Crippen LogP contribution in [0.4, 0.5) is 0 Å². The number of benzene rings is 1. The number of aryl methyl sites for hydroxylation is 1. The van der Waals surface area contributed by atoms with Crippen LogP contribution in [0.15, 0.2) is 28.8 Å². The summed E-state index contributed by atoms with van der Waals surface area (Å²) in [6.07, 6.45) is 0.583. The Morgan fingerprint density at radius 1 is 1.25 bits per heavy atom. The SMILES string of the molecule is CCc1nc(CS(=O)(=O)Cc2ccccc2OC)no1. The number of ether oxygens (including phenoxy) is 1. The fraction of sp³-hybridized carbons (Fsp3) is 0.385. The van der Waals surface area contributed by atoms with Gasteiger partial charge in [-0.1, -0.05) is 30.3 Å². The summed E-state index contributed by atoms with van der Waals surface area (Å²) in [7, 11) is -1.87. The van der Waals surface area contributed by atoms with Crippen LogP contribution in [0.5, 0.6) is 5.75 Å². The van der Waals surface area contributed by atoms with E-state index < -0.39 is 9.84 Å². The molecule has 2 aromatic rings. The molecule has 0 fully saturated rings. The van der Waals surface area contributed by atoms with Crippen molar-refractivity contribution in [2.24, 2.45) is 0 Å². The van der Waals surface area contributed by atoms with Gasteiger partial charge < -0.3 is 9.26 Å². The predicted octanol–water partition coefficient (Wildman–Crippen LogP) is 1.76. The lowest BCUT2D eigenvalue weighted by atomic mass is 10.2. The summed E-state index contributed by atoms with van der Waals surface area (Å²) in [6, 6.07) is 7.02. The minimum atomic E-state index is -3.38. The van der Waals surface area contributed by atoms with E-state index in [0.717, 1.165) is 0 Å². The molecule has 0 atom stereocenters. The summed E-state index contributed by atoms with van der Waals surface area (Å²) in [5.41, 5.74) is 0.620. The molecule has 1 aromatic carbocycles. The maximum Gasteiger partial charge on any atom is 0.226 e. The topological polar surface area (TPSA) is 82.3 Å². The predicted molar refractivity (Wildman–Crippen MR) is 73.0 cm³/mol. The van der Waals surface area contributed by atoms with Crippen LogP contribution in [0, 0.1) is 0 Å². The third-order valence-electron chi connectivity index (χ3n) is 2.73. The maximum absolute atomic E-state index is 12.2. The molecule has 0 aliphatic rings. The van der Waals surface area contributed by atoms with E-state index >= 15 is 0 Å². The highest BCUT2D eigenvalue weighted by molar-refractivity contribution is 7.89. The molecule has 0 unspecified atom stereocenters. The van der Waals surface area contributed by atoms with Gasteiger partial charge in [-0.2, -0.15) is 4.98 Å². The van der Waals surface area contributed by atoms with Gasteiger partial charge in [0.2, 0.25) is 5.89 Å². The minimum absolute atomic E-state index is 0.118. The van der Waals surface area contributed by atoms with Gasteiger partial charge in [0.05, 0.1) is 12.9 Å². The van der Waals surface area contributed by atoms with Gasteiger partial charge >= 0.3 is 0 Å². The van der Waals surface area contributed by atoms with Crippen molar-refractivity contribution in [2.75, 3.05) is 7.11 Å². The summed E-state index contributed by atoms with van der Waals surface area (Å²) in [5, 5.41) is 3.66. The van der Waals surface area contributed by atoms with E-state index in [9.17, 15) is 8.42 Å². The van der Waals surface area contributed by atoms with Crippen LogP contribution in [0.25, 0.3) is 0 Å². The van der Waals surface area contributed by atoms with Crippen molar-refractivity contribution < 1.29 is 17.7 Å². The number of methoxy groups -OCH3 is 1. The first-order valence-corrected chi connectivity index (χ1v) is 8.00. The lowest BCUT2D eigenvalue weighted by Crippen LogP contribution is -2.09. The highest BCUT2D eigenvalue weighted by Crippen LogP contribution is 2.21. The number of hydrogen-bond donors (Lipinski definition) is 0. The summed E-state index contributed by atoms with van der Waals surface area (Å²) in [5.74, 6) is 0.823. The Morgan fingerprint density at radius 2 is 2.00 bits per heavy atom. The van der Waals surface area contributed by atoms with Gasteiger partial charge in [0.15, 0.2) is 15.7 Å². The van der Waals surface area contributed by atoms with Crippen molar-refractivity contribution in [3.8, 4) is 5.75 Å². The van der Waals surface area contributed by atoms with Gasteiger partial charge in [-0.05, 0) is 6.07 Å². The van der Waals surface area contributed by atoms with Gasteiger partial charge in [0.25, 0.3) is 0 Å². The van der Waals surface area contributed by atoms with E-state index in [1.54, 1.807) is 24.3 Å². The molecule has 1 aromatic heterocycles. The number of para-hydroxylation sites is 1. The Kier molecular flexibility index (Phi) is 4.39. The van der Waals surface area contributed by atoms with Gasteiger partial charge in [-0.25, -0.2) is 8.42 Å². The first-order chi connectivity index (χ1) is 9.54. The molecule has 0 aliphatic carbocycles. The van der Waals surface area contributed by atoms with Gasteiger partial charge in [0, 0.05) is 12.0 Å². The van der Waals surface area contributed by atoms with Crippen LogP contribution >= 0.6 is 0 Å². The Balaban J connectivity index is 2.14. The average Bonchev–Trinajstić information content (AvgIpc) is 2.85. The molecule has 6 nitrogen and oxygen atoms in total. The van der Waals surface area contributed by atoms with Crippen molar-refractivity contribution in [2.45, 2.75) is 24.9 Å². The Bertz CT molecular complexity index is 679. The van der Waals surface area contributed by atoms with Gasteiger partial charge in [-0.15, -0.1) is 0 Å². The van der Waals surface area contributed by atoms with Crippen LogP contribution < -0.4 is 4.74 Å². The zero-order valence-corrected chi connectivity index (χ0v) is 12.2. The molecule has 0 N–H and O–H groups in total. The number of nitrogens with zero attached hydrogens (tertiary/aromatic N) is 2. The Labute approximate surface area is 117 Å².